The quantitative estimate of drug-likeness (QED) is 0.287. The molecular weight excluding hydrogens is 446 g/mol. The van der Waals surface area contributed by atoms with E-state index in [9.17, 15) is 14.7 Å². The molecule has 0 aliphatic carbocycles. The van der Waals surface area contributed by atoms with Gasteiger partial charge in [0.25, 0.3) is 5.91 Å². The van der Waals surface area contributed by atoms with Gasteiger partial charge in [-0.3, -0.25) is 4.79 Å². The van der Waals surface area contributed by atoms with E-state index in [1.165, 1.54) is 10.1 Å². The first kappa shape index (κ1) is 21.7. The van der Waals surface area contributed by atoms with Gasteiger partial charge in [0.05, 0.1) is 5.56 Å². The number of amides is 1. The smallest absolute Gasteiger partial charge is 0.335 e. The van der Waals surface area contributed by atoms with Crippen LogP contribution in [0.4, 0.5) is 0 Å². The minimum absolute atomic E-state index is 0.161. The van der Waals surface area contributed by atoms with Gasteiger partial charge in [-0.2, -0.15) is 0 Å². The normalized spacial score (nSPS) is 11.1. The second kappa shape index (κ2) is 9.00. The second-order valence-corrected chi connectivity index (χ2v) is 9.14. The maximum Gasteiger partial charge on any atom is 0.335 e. The van der Waals surface area contributed by atoms with Gasteiger partial charge in [0.1, 0.15) is 5.75 Å². The molecule has 1 amide bonds. The molecule has 0 saturated heterocycles. The molecule has 1 aromatic heterocycles. The molecule has 5 rings (SSSR count). The van der Waals surface area contributed by atoms with E-state index in [1.54, 1.807) is 47.7 Å². The fourth-order valence-electron chi connectivity index (χ4n) is 4.01. The monoisotopic (exact) mass is 467 g/mol. The van der Waals surface area contributed by atoms with Crippen molar-refractivity contribution in [2.75, 3.05) is 0 Å². The number of carboxylic acids is 1. The Hall–Kier alpha value is -4.16. The van der Waals surface area contributed by atoms with E-state index in [1.807, 2.05) is 24.3 Å². The lowest BCUT2D eigenvalue weighted by Crippen LogP contribution is -2.22. The summed E-state index contributed by atoms with van der Waals surface area (Å²) in [5.74, 6) is -0.972. The molecule has 34 heavy (non-hydrogen) atoms. The molecule has 0 bridgehead atoms. The summed E-state index contributed by atoms with van der Waals surface area (Å²) in [5, 5.41) is 27.4. The highest BCUT2D eigenvalue weighted by Crippen LogP contribution is 2.28. The van der Waals surface area contributed by atoms with Crippen molar-refractivity contribution in [2.24, 2.45) is 0 Å². The molecule has 5 nitrogen and oxygen atoms in total. The van der Waals surface area contributed by atoms with Gasteiger partial charge < -0.3 is 15.5 Å². The Morgan fingerprint density at radius 2 is 1.53 bits per heavy atom. The number of carbonyl (C=O) groups excluding carboxylic acids is 1. The number of carboxylic acid groups (broad SMARTS) is 1. The van der Waals surface area contributed by atoms with Crippen LogP contribution in [0.2, 0.25) is 0 Å². The van der Waals surface area contributed by atoms with Crippen LogP contribution in [0.1, 0.15) is 37.4 Å². The van der Waals surface area contributed by atoms with Gasteiger partial charge in [0.15, 0.2) is 0 Å². The first-order valence-electron chi connectivity index (χ1n) is 10.8. The van der Waals surface area contributed by atoms with E-state index in [-0.39, 0.29) is 17.2 Å². The predicted octanol–water partition coefficient (Wildman–Crippen LogP) is 5.98. The zero-order valence-corrected chi connectivity index (χ0v) is 18.9. The average Bonchev–Trinajstić information content (AvgIpc) is 3.31. The molecule has 0 saturated carbocycles. The van der Waals surface area contributed by atoms with Crippen LogP contribution in [0.15, 0.2) is 84.2 Å². The largest absolute Gasteiger partial charge is 0.508 e. The van der Waals surface area contributed by atoms with Crippen LogP contribution in [-0.2, 0) is 13.0 Å². The van der Waals surface area contributed by atoms with Gasteiger partial charge in [0, 0.05) is 23.2 Å². The number of fused-ring (bicyclic) bond motifs is 2. The summed E-state index contributed by atoms with van der Waals surface area (Å²) >= 11 is 1.69. The summed E-state index contributed by atoms with van der Waals surface area (Å²) in [6, 6.07) is 23.8. The number of phenols is 1. The van der Waals surface area contributed by atoms with Crippen LogP contribution < -0.4 is 5.32 Å². The van der Waals surface area contributed by atoms with Crippen molar-refractivity contribution in [2.45, 2.75) is 13.0 Å². The summed E-state index contributed by atoms with van der Waals surface area (Å²) in [4.78, 5) is 23.9. The number of aromatic hydroxyl groups is 1. The van der Waals surface area contributed by atoms with Gasteiger partial charge in [-0.05, 0) is 92.8 Å². The summed E-state index contributed by atoms with van der Waals surface area (Å²) in [5.41, 5.74) is 3.40. The third kappa shape index (κ3) is 4.49. The Morgan fingerprint density at radius 3 is 2.32 bits per heavy atom. The second-order valence-electron chi connectivity index (χ2n) is 8.20. The Morgan fingerprint density at radius 1 is 0.765 bits per heavy atom. The number of thiophene rings is 1. The van der Waals surface area contributed by atoms with E-state index >= 15 is 0 Å². The topological polar surface area (TPSA) is 86.6 Å². The number of nitrogens with one attached hydrogen (secondary N) is 1. The van der Waals surface area contributed by atoms with E-state index in [2.05, 4.69) is 28.9 Å². The Bertz CT molecular complexity index is 1540. The molecule has 1 heterocycles. The molecule has 6 heteroatoms. The van der Waals surface area contributed by atoms with Gasteiger partial charge in [-0.25, -0.2) is 4.79 Å². The van der Waals surface area contributed by atoms with Crippen molar-refractivity contribution < 1.29 is 19.8 Å². The van der Waals surface area contributed by atoms with Crippen molar-refractivity contribution in [3.05, 3.63) is 112 Å². The number of benzene rings is 4. The van der Waals surface area contributed by atoms with Crippen molar-refractivity contribution >= 4 is 44.1 Å². The van der Waals surface area contributed by atoms with E-state index < -0.39 is 5.97 Å². The minimum Gasteiger partial charge on any atom is -0.508 e. The molecule has 0 atom stereocenters. The molecule has 3 N–H and O–H groups in total. The van der Waals surface area contributed by atoms with E-state index in [0.717, 1.165) is 21.9 Å². The molecule has 4 aromatic carbocycles. The van der Waals surface area contributed by atoms with Crippen LogP contribution in [0.5, 0.6) is 5.75 Å². The maximum atomic E-state index is 12.8. The summed E-state index contributed by atoms with van der Waals surface area (Å²) in [6.45, 7) is 0.440. The zero-order valence-electron chi connectivity index (χ0n) is 18.1. The number of hydrogen-bond donors (Lipinski definition) is 3. The van der Waals surface area contributed by atoms with Crippen LogP contribution in [-0.4, -0.2) is 22.1 Å². The number of phenolic OH excluding ortho intramolecular Hbond substituents is 1. The highest BCUT2D eigenvalue weighted by Gasteiger charge is 2.11. The fourth-order valence-corrected chi connectivity index (χ4v) is 4.78. The number of rotatable bonds is 6. The lowest BCUT2D eigenvalue weighted by Gasteiger charge is -2.10. The van der Waals surface area contributed by atoms with Gasteiger partial charge in [0.2, 0.25) is 0 Å². The Kier molecular flexibility index (Phi) is 5.74. The van der Waals surface area contributed by atoms with Gasteiger partial charge in [-0.15, -0.1) is 11.3 Å². The van der Waals surface area contributed by atoms with Crippen molar-refractivity contribution in [3.63, 3.8) is 0 Å². The lowest BCUT2D eigenvalue weighted by molar-refractivity contribution is 0.0696. The summed E-state index contributed by atoms with van der Waals surface area (Å²) < 4.78 is 1.22. The Labute approximate surface area is 199 Å². The highest BCUT2D eigenvalue weighted by atomic mass is 32.1. The van der Waals surface area contributed by atoms with E-state index in [0.29, 0.717) is 24.1 Å². The third-order valence-corrected chi connectivity index (χ3v) is 6.76. The molecule has 168 valence electrons. The van der Waals surface area contributed by atoms with Crippen LogP contribution in [0.3, 0.4) is 0 Å². The van der Waals surface area contributed by atoms with Crippen molar-refractivity contribution in [3.8, 4) is 5.75 Å². The van der Waals surface area contributed by atoms with Gasteiger partial charge in [-0.1, -0.05) is 24.3 Å². The van der Waals surface area contributed by atoms with Crippen LogP contribution in [0, 0.1) is 0 Å². The number of carbonyl (C=O) groups is 2. The minimum atomic E-state index is -0.974. The maximum absolute atomic E-state index is 12.8. The lowest BCUT2D eigenvalue weighted by atomic mass is 9.98. The first-order valence-corrected chi connectivity index (χ1v) is 11.7. The fraction of sp³-hybridized carbons (Fsp3) is 0.0714. The van der Waals surface area contributed by atoms with Crippen LogP contribution in [0.25, 0.3) is 20.9 Å². The Balaban J connectivity index is 1.34. The highest BCUT2D eigenvalue weighted by molar-refractivity contribution is 7.17. The van der Waals surface area contributed by atoms with Crippen molar-refractivity contribution in [1.82, 2.24) is 5.32 Å². The third-order valence-electron chi connectivity index (χ3n) is 5.87. The van der Waals surface area contributed by atoms with Crippen molar-refractivity contribution in [1.29, 1.82) is 0 Å². The average molecular weight is 468 g/mol. The number of aromatic carboxylic acids is 1. The molecule has 0 spiro atoms. The van der Waals surface area contributed by atoms with Crippen LogP contribution >= 0.6 is 11.3 Å². The number of hydrogen-bond acceptors (Lipinski definition) is 4. The molecule has 0 radical (unpaired) electrons. The SMILES string of the molecule is O=C(O)c1ccc(Cc2cc3cc(C(=O)NCc4ccc5sccc5c4)ccc3cc2O)cc1. The molecule has 0 aliphatic heterocycles. The molecule has 0 fully saturated rings. The molecular formula is C28H21NO4S. The standard InChI is InChI=1S/C28H21NO4S/c30-25-15-20-6-7-22(27(31)29-16-18-3-8-26-21(12-18)9-10-34-26)13-23(20)14-24(25)11-17-1-4-19(5-2-17)28(32)33/h1-10,12-15,30H,11,16H2,(H,29,31)(H,32,33). The molecule has 0 aliphatic rings. The molecule has 5 aromatic rings. The van der Waals surface area contributed by atoms with Gasteiger partial charge >= 0.3 is 5.97 Å². The van der Waals surface area contributed by atoms with E-state index in [4.69, 9.17) is 5.11 Å². The zero-order chi connectivity index (χ0) is 23.7. The summed E-state index contributed by atoms with van der Waals surface area (Å²) in [7, 11) is 0. The predicted molar refractivity (Wildman–Crippen MR) is 135 cm³/mol. The molecule has 0 unspecified atom stereocenters. The summed E-state index contributed by atoms with van der Waals surface area (Å²) in [6.07, 6.45) is 0.448. The first-order chi connectivity index (χ1) is 16.5.